The van der Waals surface area contributed by atoms with Gasteiger partial charge in [-0.3, -0.25) is 4.79 Å². The molecule has 0 fully saturated rings. The molecule has 0 aliphatic rings. The van der Waals surface area contributed by atoms with E-state index < -0.39 is 0 Å². The average molecular weight is 278 g/mol. The molecule has 0 aliphatic heterocycles. The number of hydrogen-bond acceptors (Lipinski definition) is 3. The fourth-order valence-electron chi connectivity index (χ4n) is 2.08. The lowest BCUT2D eigenvalue weighted by atomic mass is 9.95. The van der Waals surface area contributed by atoms with E-state index in [1.54, 1.807) is 0 Å². The molecule has 1 aromatic rings. The summed E-state index contributed by atoms with van der Waals surface area (Å²) in [7, 11) is 0. The van der Waals surface area contributed by atoms with Crippen LogP contribution in [0, 0.1) is 11.8 Å². The number of hydrogen-bond donors (Lipinski definition) is 2. The van der Waals surface area contributed by atoms with Gasteiger partial charge in [-0.15, -0.1) is 0 Å². The standard InChI is InChI=1S/C16H26N2O2/c1-4-20-11-14-8-6-5-7-13(14)10-18-16(19)15(9-17)12(2)3/h5-8,12,15H,4,9-11,17H2,1-3H3,(H,18,19). The molecule has 4 heteroatoms. The molecule has 1 rings (SSSR count). The van der Waals surface area contributed by atoms with Gasteiger partial charge in [0.2, 0.25) is 5.91 Å². The Balaban J connectivity index is 2.63. The van der Waals surface area contributed by atoms with E-state index >= 15 is 0 Å². The van der Waals surface area contributed by atoms with E-state index in [0.29, 0.717) is 26.3 Å². The van der Waals surface area contributed by atoms with Gasteiger partial charge in [0.05, 0.1) is 12.5 Å². The van der Waals surface area contributed by atoms with Crippen LogP contribution in [0.15, 0.2) is 24.3 Å². The zero-order valence-electron chi connectivity index (χ0n) is 12.7. The summed E-state index contributed by atoms with van der Waals surface area (Å²) in [6.07, 6.45) is 0. The summed E-state index contributed by atoms with van der Waals surface area (Å²) < 4.78 is 5.44. The van der Waals surface area contributed by atoms with Crippen LogP contribution in [-0.4, -0.2) is 19.1 Å². The SMILES string of the molecule is CCOCc1ccccc1CNC(=O)C(CN)C(C)C. The smallest absolute Gasteiger partial charge is 0.224 e. The van der Waals surface area contributed by atoms with Crippen molar-refractivity contribution in [3.63, 3.8) is 0 Å². The first-order chi connectivity index (χ1) is 9.60. The molecular formula is C16H26N2O2. The fraction of sp³-hybridized carbons (Fsp3) is 0.562. The highest BCUT2D eigenvalue weighted by Crippen LogP contribution is 2.12. The highest BCUT2D eigenvalue weighted by molar-refractivity contribution is 5.79. The normalized spacial score (nSPS) is 12.4. The number of carbonyl (C=O) groups excluding carboxylic acids is 1. The highest BCUT2D eigenvalue weighted by Gasteiger charge is 2.20. The Bertz CT molecular complexity index is 419. The lowest BCUT2D eigenvalue weighted by molar-refractivity contribution is -0.126. The van der Waals surface area contributed by atoms with Crippen LogP contribution in [-0.2, 0) is 22.7 Å². The van der Waals surface area contributed by atoms with Crippen LogP contribution in [0.4, 0.5) is 0 Å². The second-order valence-electron chi connectivity index (χ2n) is 5.21. The Morgan fingerprint density at radius 1 is 1.30 bits per heavy atom. The minimum atomic E-state index is -0.131. The monoisotopic (exact) mass is 278 g/mol. The van der Waals surface area contributed by atoms with Crippen LogP contribution in [0.25, 0.3) is 0 Å². The number of ether oxygens (including phenoxy) is 1. The molecule has 1 atom stereocenters. The molecule has 112 valence electrons. The minimum Gasteiger partial charge on any atom is -0.377 e. The van der Waals surface area contributed by atoms with Crippen molar-refractivity contribution < 1.29 is 9.53 Å². The maximum atomic E-state index is 12.1. The first-order valence-electron chi connectivity index (χ1n) is 7.22. The fourth-order valence-corrected chi connectivity index (χ4v) is 2.08. The Morgan fingerprint density at radius 2 is 1.95 bits per heavy atom. The third kappa shape index (κ3) is 4.94. The van der Waals surface area contributed by atoms with E-state index in [9.17, 15) is 4.79 Å². The van der Waals surface area contributed by atoms with Crippen molar-refractivity contribution in [1.29, 1.82) is 0 Å². The molecule has 4 nitrogen and oxygen atoms in total. The van der Waals surface area contributed by atoms with E-state index in [1.807, 2.05) is 45.0 Å². The number of benzene rings is 1. The second kappa shape index (κ2) is 8.72. The molecular weight excluding hydrogens is 252 g/mol. The van der Waals surface area contributed by atoms with Crippen molar-refractivity contribution in [2.24, 2.45) is 17.6 Å². The van der Waals surface area contributed by atoms with Gasteiger partial charge in [-0.05, 0) is 24.0 Å². The number of amides is 1. The van der Waals surface area contributed by atoms with Crippen molar-refractivity contribution in [3.8, 4) is 0 Å². The zero-order valence-corrected chi connectivity index (χ0v) is 12.7. The molecule has 0 aromatic heterocycles. The zero-order chi connectivity index (χ0) is 15.0. The quantitative estimate of drug-likeness (QED) is 0.765. The van der Waals surface area contributed by atoms with Crippen molar-refractivity contribution in [2.45, 2.75) is 33.9 Å². The summed E-state index contributed by atoms with van der Waals surface area (Å²) in [5.74, 6) is 0.140. The van der Waals surface area contributed by atoms with Crippen molar-refractivity contribution in [3.05, 3.63) is 35.4 Å². The van der Waals surface area contributed by atoms with Crippen LogP contribution < -0.4 is 11.1 Å². The minimum absolute atomic E-state index is 0.0220. The summed E-state index contributed by atoms with van der Waals surface area (Å²) in [5.41, 5.74) is 7.86. The maximum absolute atomic E-state index is 12.1. The molecule has 0 saturated carbocycles. The van der Waals surface area contributed by atoms with E-state index in [1.165, 1.54) is 0 Å². The molecule has 0 spiro atoms. The third-order valence-corrected chi connectivity index (χ3v) is 3.43. The molecule has 0 aliphatic carbocycles. The lowest BCUT2D eigenvalue weighted by Crippen LogP contribution is -2.37. The maximum Gasteiger partial charge on any atom is 0.224 e. The van der Waals surface area contributed by atoms with Gasteiger partial charge in [-0.1, -0.05) is 38.1 Å². The summed E-state index contributed by atoms with van der Waals surface area (Å²) in [4.78, 5) is 12.1. The van der Waals surface area contributed by atoms with Crippen molar-refractivity contribution >= 4 is 5.91 Å². The number of rotatable bonds is 8. The molecule has 0 saturated heterocycles. The largest absolute Gasteiger partial charge is 0.377 e. The highest BCUT2D eigenvalue weighted by atomic mass is 16.5. The predicted octanol–water partition coefficient (Wildman–Crippen LogP) is 2.07. The summed E-state index contributed by atoms with van der Waals surface area (Å²) in [6, 6.07) is 8.00. The Hall–Kier alpha value is -1.39. The van der Waals surface area contributed by atoms with Crippen LogP contribution in [0.2, 0.25) is 0 Å². The summed E-state index contributed by atoms with van der Waals surface area (Å²) in [5, 5.41) is 2.97. The predicted molar refractivity (Wildman–Crippen MR) is 81.0 cm³/mol. The third-order valence-electron chi connectivity index (χ3n) is 3.43. The van der Waals surface area contributed by atoms with E-state index in [2.05, 4.69) is 5.32 Å². The van der Waals surface area contributed by atoms with E-state index in [0.717, 1.165) is 11.1 Å². The molecule has 0 radical (unpaired) electrons. The van der Waals surface area contributed by atoms with Gasteiger partial charge in [-0.2, -0.15) is 0 Å². The Morgan fingerprint density at radius 3 is 2.50 bits per heavy atom. The van der Waals surface area contributed by atoms with Crippen LogP contribution in [0.5, 0.6) is 0 Å². The van der Waals surface area contributed by atoms with Gasteiger partial charge in [0, 0.05) is 19.7 Å². The first kappa shape index (κ1) is 16.7. The van der Waals surface area contributed by atoms with Gasteiger partial charge in [0.25, 0.3) is 0 Å². The van der Waals surface area contributed by atoms with Crippen LogP contribution in [0.1, 0.15) is 31.9 Å². The van der Waals surface area contributed by atoms with E-state index in [4.69, 9.17) is 10.5 Å². The summed E-state index contributed by atoms with van der Waals surface area (Å²) in [6.45, 7) is 8.16. The van der Waals surface area contributed by atoms with Gasteiger partial charge < -0.3 is 15.8 Å². The first-order valence-corrected chi connectivity index (χ1v) is 7.22. The average Bonchev–Trinajstić information content (AvgIpc) is 2.44. The van der Waals surface area contributed by atoms with Crippen molar-refractivity contribution in [2.75, 3.05) is 13.2 Å². The Labute approximate surface area is 121 Å². The lowest BCUT2D eigenvalue weighted by Gasteiger charge is -2.19. The van der Waals surface area contributed by atoms with Crippen molar-refractivity contribution in [1.82, 2.24) is 5.32 Å². The number of nitrogens with two attached hydrogens (primary N) is 1. The number of nitrogens with one attached hydrogen (secondary N) is 1. The molecule has 0 bridgehead atoms. The molecule has 1 aromatic carbocycles. The van der Waals surface area contributed by atoms with Gasteiger partial charge >= 0.3 is 0 Å². The molecule has 1 unspecified atom stereocenters. The van der Waals surface area contributed by atoms with Crippen LogP contribution in [0.3, 0.4) is 0 Å². The van der Waals surface area contributed by atoms with Crippen LogP contribution >= 0.6 is 0 Å². The second-order valence-corrected chi connectivity index (χ2v) is 5.21. The summed E-state index contributed by atoms with van der Waals surface area (Å²) >= 11 is 0. The molecule has 1 amide bonds. The van der Waals surface area contributed by atoms with E-state index in [-0.39, 0.29) is 17.7 Å². The molecule has 3 N–H and O–H groups in total. The van der Waals surface area contributed by atoms with Gasteiger partial charge in [0.15, 0.2) is 0 Å². The number of carbonyl (C=O) groups is 1. The molecule has 20 heavy (non-hydrogen) atoms. The van der Waals surface area contributed by atoms with Gasteiger partial charge in [0.1, 0.15) is 0 Å². The Kier molecular flexibility index (Phi) is 7.26. The topological polar surface area (TPSA) is 64.3 Å². The van der Waals surface area contributed by atoms with Gasteiger partial charge in [-0.25, -0.2) is 0 Å². The molecule has 0 heterocycles.